The smallest absolute Gasteiger partial charge is 0.396 e. The summed E-state index contributed by atoms with van der Waals surface area (Å²) in [6.07, 6.45) is -17.9. The van der Waals surface area contributed by atoms with E-state index in [1.54, 1.807) is 0 Å². The molecule has 0 aliphatic heterocycles. The number of carbonyl (C=O) groups is 4. The van der Waals surface area contributed by atoms with Gasteiger partial charge in [0.15, 0.2) is 11.6 Å². The van der Waals surface area contributed by atoms with Crippen molar-refractivity contribution in [2.45, 2.75) is 60.2 Å². The minimum Gasteiger partial charge on any atom is -0.396 e. The number of benzene rings is 3. The van der Waals surface area contributed by atoms with Gasteiger partial charge in [-0.3, -0.25) is 19.2 Å². The maximum Gasteiger partial charge on any atom is 0.460 e. The molecule has 0 aromatic heterocycles. The van der Waals surface area contributed by atoms with Crippen molar-refractivity contribution in [1.29, 1.82) is 0 Å². The summed E-state index contributed by atoms with van der Waals surface area (Å²) in [5.74, 6) is -35.6. The van der Waals surface area contributed by atoms with Gasteiger partial charge in [-0.15, -0.1) is 0 Å². The molecule has 0 fully saturated rings. The Morgan fingerprint density at radius 2 is 0.929 bits per heavy atom. The summed E-state index contributed by atoms with van der Waals surface area (Å²) < 4.78 is 211. The predicted molar refractivity (Wildman–Crippen MR) is 164 cm³/mol. The van der Waals surface area contributed by atoms with Crippen molar-refractivity contribution in [2.24, 2.45) is 0 Å². The molecule has 0 spiro atoms. The third-order valence-electron chi connectivity index (χ3n) is 7.81. The number of aliphatic hydroxyl groups is 1. The number of hydrogen-bond donors (Lipinski definition) is 2. The number of hydrogen-bond acceptors (Lipinski definition) is 7. The molecule has 0 saturated heterocycles. The summed E-state index contributed by atoms with van der Waals surface area (Å²) in [7, 11) is -4.32. The Hall–Kier alpha value is -4.77. The fourth-order valence-electron chi connectivity index (χ4n) is 4.65. The van der Waals surface area contributed by atoms with Gasteiger partial charge in [0.1, 0.15) is 0 Å². The Morgan fingerprint density at radius 1 is 0.554 bits per heavy atom. The molecule has 3 aromatic rings. The molecule has 2 N–H and O–H groups in total. The first-order valence-electron chi connectivity index (χ1n) is 15.2. The van der Waals surface area contributed by atoms with Crippen LogP contribution in [0.5, 0.6) is 0 Å². The van der Waals surface area contributed by atoms with Gasteiger partial charge in [-0.05, 0) is 40.8 Å². The molecular weight excluding hydrogens is 820 g/mol. The lowest BCUT2D eigenvalue weighted by molar-refractivity contribution is -0.343. The fourth-order valence-corrected chi connectivity index (χ4v) is 5.75. The molecule has 0 aliphatic rings. The van der Waals surface area contributed by atoms with Gasteiger partial charge in [-0.1, -0.05) is 54.6 Å². The van der Waals surface area contributed by atoms with E-state index in [9.17, 15) is 89.1 Å². The van der Waals surface area contributed by atoms with Crippen LogP contribution in [-0.4, -0.2) is 85.9 Å². The van der Waals surface area contributed by atoms with Crippen LogP contribution >= 0.6 is 0 Å². The van der Waals surface area contributed by atoms with Crippen LogP contribution in [0.25, 0.3) is 22.3 Å². The lowest BCUT2D eigenvalue weighted by atomic mass is 9.92. The van der Waals surface area contributed by atoms with Gasteiger partial charge in [0.05, 0.1) is 17.7 Å². The van der Waals surface area contributed by atoms with E-state index in [4.69, 9.17) is 5.11 Å². The molecule has 0 atom stereocenters. The molecule has 56 heavy (non-hydrogen) atoms. The number of halogens is 14. The molecule has 23 heteroatoms. The third kappa shape index (κ3) is 9.09. The van der Waals surface area contributed by atoms with E-state index in [0.29, 0.717) is 0 Å². The monoisotopic (exact) mass is 843 g/mol. The van der Waals surface area contributed by atoms with Gasteiger partial charge < -0.3 is 5.11 Å². The van der Waals surface area contributed by atoms with Crippen LogP contribution in [0.1, 0.15) is 40.0 Å². The van der Waals surface area contributed by atoms with Gasteiger partial charge in [0.25, 0.3) is 0 Å². The second-order valence-electron chi connectivity index (χ2n) is 11.7. The summed E-state index contributed by atoms with van der Waals surface area (Å²) in [4.78, 5) is 47.9. The van der Waals surface area contributed by atoms with Crippen LogP contribution in [0.2, 0.25) is 0 Å². The zero-order valence-electron chi connectivity index (χ0n) is 27.5. The van der Waals surface area contributed by atoms with Gasteiger partial charge in [-0.2, -0.15) is 61.5 Å². The lowest BCUT2D eigenvalue weighted by Crippen LogP contribution is -2.56. The minimum atomic E-state index is -6.85. The molecule has 0 unspecified atom stereocenters. The van der Waals surface area contributed by atoms with Crippen molar-refractivity contribution in [3.05, 3.63) is 77.9 Å². The normalized spacial score (nSPS) is 13.4. The van der Waals surface area contributed by atoms with Crippen molar-refractivity contribution >= 4 is 33.2 Å². The summed E-state index contributed by atoms with van der Waals surface area (Å²) in [5.41, 5.74) is -1.27. The number of aliphatic hydroxyl groups excluding tert-OH is 1. The van der Waals surface area contributed by atoms with E-state index in [0.717, 1.165) is 66.7 Å². The summed E-state index contributed by atoms with van der Waals surface area (Å²) >= 11 is 0. The maximum absolute atomic E-state index is 13.8. The molecule has 306 valence electrons. The third-order valence-corrected chi connectivity index (χ3v) is 9.27. The van der Waals surface area contributed by atoms with E-state index in [2.05, 4.69) is 4.72 Å². The van der Waals surface area contributed by atoms with Crippen LogP contribution in [-0.2, 0) is 19.6 Å². The summed E-state index contributed by atoms with van der Waals surface area (Å²) in [6.45, 7) is -0.641. The topological polar surface area (TPSA) is 135 Å². The van der Waals surface area contributed by atoms with Crippen molar-refractivity contribution in [1.82, 2.24) is 4.72 Å². The van der Waals surface area contributed by atoms with Crippen LogP contribution < -0.4 is 4.72 Å². The first-order chi connectivity index (χ1) is 25.4. The molecule has 0 amide bonds. The van der Waals surface area contributed by atoms with Crippen LogP contribution in [0.15, 0.2) is 71.6 Å². The predicted octanol–water partition coefficient (Wildman–Crippen LogP) is 7.63. The van der Waals surface area contributed by atoms with Crippen molar-refractivity contribution < 1.29 is 94.2 Å². The SMILES string of the molecule is O=C(CC(=O)C(F)(F)C(F)(F)C(F)(F)F)c1ccc(-c2ccc(S(=O)(=O)NCCCO)cc2-c2ccc(C(=O)CC(=O)C(F)(F)C(F)(F)C(F)(F)F)cc2)cc1. The molecular formula is C33H23F14NO7S. The second kappa shape index (κ2) is 16.0. The van der Waals surface area contributed by atoms with Crippen LogP contribution in [0.3, 0.4) is 0 Å². The van der Waals surface area contributed by atoms with Crippen LogP contribution in [0.4, 0.5) is 61.5 Å². The maximum atomic E-state index is 13.8. The Bertz CT molecular complexity index is 2080. The van der Waals surface area contributed by atoms with Gasteiger partial charge in [0.2, 0.25) is 21.6 Å². The average molecular weight is 844 g/mol. The first-order valence-corrected chi connectivity index (χ1v) is 16.7. The van der Waals surface area contributed by atoms with Crippen molar-refractivity contribution in [3.63, 3.8) is 0 Å². The Labute approximate surface area is 305 Å². The highest BCUT2D eigenvalue weighted by Crippen LogP contribution is 2.48. The number of carbonyl (C=O) groups excluding carboxylic acids is 4. The number of sulfonamides is 1. The Kier molecular flexibility index (Phi) is 13.0. The largest absolute Gasteiger partial charge is 0.460 e. The number of rotatable bonds is 17. The van der Waals surface area contributed by atoms with Gasteiger partial charge >= 0.3 is 36.0 Å². The van der Waals surface area contributed by atoms with E-state index < -0.39 is 105 Å². The van der Waals surface area contributed by atoms with E-state index in [1.807, 2.05) is 0 Å². The molecule has 0 radical (unpaired) electrons. The van der Waals surface area contributed by atoms with Crippen LogP contribution in [0, 0.1) is 0 Å². The number of Topliss-reactive ketones (excluding diaryl/α,β-unsaturated/α-hetero) is 4. The van der Waals surface area contributed by atoms with Crippen molar-refractivity contribution in [3.8, 4) is 22.3 Å². The lowest BCUT2D eigenvalue weighted by Gasteiger charge is -2.26. The van der Waals surface area contributed by atoms with E-state index >= 15 is 0 Å². The summed E-state index contributed by atoms with van der Waals surface area (Å²) in [5, 5.41) is 8.96. The molecule has 3 rings (SSSR count). The second-order valence-corrected chi connectivity index (χ2v) is 13.4. The zero-order chi connectivity index (χ0) is 42.9. The molecule has 3 aromatic carbocycles. The Balaban J connectivity index is 2.00. The van der Waals surface area contributed by atoms with E-state index in [-0.39, 0.29) is 35.2 Å². The average Bonchev–Trinajstić information content (AvgIpc) is 3.10. The van der Waals surface area contributed by atoms with Gasteiger partial charge in [0, 0.05) is 24.3 Å². The fraction of sp³-hybridized carbons (Fsp3) is 0.333. The first kappa shape index (κ1) is 45.6. The highest BCUT2D eigenvalue weighted by Gasteiger charge is 2.76. The highest BCUT2D eigenvalue weighted by molar-refractivity contribution is 7.89. The Morgan fingerprint density at radius 3 is 1.29 bits per heavy atom. The quantitative estimate of drug-likeness (QED) is 0.0618. The zero-order valence-corrected chi connectivity index (χ0v) is 28.3. The standard InChI is InChI=1S/C33H23F14NO7S/c34-28(35,30(38,39)32(42,43)44)26(52)15-24(50)19-6-2-17(3-7-19)22-11-10-21(56(54,55)48-12-1-13-49)14-23(22)18-4-8-20(9-5-18)25(51)16-27(53)29(36,37)31(40,41)33(45,46)47/h2-11,14,48-49H,1,12-13,15-16H2. The minimum absolute atomic E-state index is 0.0129. The molecule has 0 bridgehead atoms. The van der Waals surface area contributed by atoms with E-state index in [1.165, 1.54) is 0 Å². The molecule has 0 saturated carbocycles. The highest BCUT2D eigenvalue weighted by atomic mass is 32.2. The number of ketones is 4. The van der Waals surface area contributed by atoms with Gasteiger partial charge in [-0.25, -0.2) is 13.1 Å². The number of alkyl halides is 14. The molecule has 0 aliphatic carbocycles. The molecule has 8 nitrogen and oxygen atoms in total. The summed E-state index contributed by atoms with van der Waals surface area (Å²) in [6, 6.07) is 10.7. The molecule has 0 heterocycles. The van der Waals surface area contributed by atoms with Crippen molar-refractivity contribution in [2.75, 3.05) is 13.2 Å². The number of nitrogens with one attached hydrogen (secondary N) is 1.